The average Bonchev–Trinajstić information content (AvgIpc) is 2.56. The van der Waals surface area contributed by atoms with E-state index < -0.39 is 35.1 Å². The van der Waals surface area contributed by atoms with Gasteiger partial charge in [0.25, 0.3) is 5.91 Å². The first kappa shape index (κ1) is 19.6. The Kier molecular flexibility index (Phi) is 6.08. The Balaban J connectivity index is 2.22. The van der Waals surface area contributed by atoms with Gasteiger partial charge in [0.15, 0.2) is 0 Å². The van der Waals surface area contributed by atoms with E-state index in [-0.39, 0.29) is 5.92 Å². The lowest BCUT2D eigenvalue weighted by Crippen LogP contribution is -2.47. The van der Waals surface area contributed by atoms with E-state index in [1.165, 1.54) is 6.07 Å². The number of carbonyl (C=O) groups is 2. The maximum absolute atomic E-state index is 13.8. The minimum atomic E-state index is -0.972. The molecule has 2 N–H and O–H groups in total. The van der Waals surface area contributed by atoms with Crippen molar-refractivity contribution in [2.75, 3.05) is 5.32 Å². The minimum Gasteiger partial charge on any atom is -0.340 e. The van der Waals surface area contributed by atoms with E-state index in [9.17, 15) is 18.4 Å². The molecule has 0 aliphatic carbocycles. The number of anilines is 1. The van der Waals surface area contributed by atoms with E-state index in [0.717, 1.165) is 23.3 Å². The van der Waals surface area contributed by atoms with Crippen LogP contribution in [0.3, 0.4) is 0 Å². The van der Waals surface area contributed by atoms with Crippen molar-refractivity contribution < 1.29 is 18.4 Å². The molecule has 1 unspecified atom stereocenters. The molecule has 2 rings (SSSR count). The SMILES string of the molecule is Cc1cccc(NC(=O)C(NC(=O)c2c(F)cccc2F)C(C)C)c1C. The molecule has 26 heavy (non-hydrogen) atoms. The highest BCUT2D eigenvalue weighted by atomic mass is 19.1. The lowest BCUT2D eigenvalue weighted by Gasteiger charge is -2.22. The normalized spacial score (nSPS) is 12.0. The molecule has 0 aliphatic rings. The van der Waals surface area contributed by atoms with Crippen LogP contribution in [-0.4, -0.2) is 17.9 Å². The molecule has 0 fully saturated rings. The highest BCUT2D eigenvalue weighted by molar-refractivity contribution is 6.01. The predicted molar refractivity (Wildman–Crippen MR) is 97.0 cm³/mol. The Morgan fingerprint density at radius 1 is 0.962 bits per heavy atom. The molecule has 0 spiro atoms. The van der Waals surface area contributed by atoms with Crippen LogP contribution in [0.5, 0.6) is 0 Å². The van der Waals surface area contributed by atoms with Gasteiger partial charge in [-0.3, -0.25) is 9.59 Å². The summed E-state index contributed by atoms with van der Waals surface area (Å²) in [6, 6.07) is 7.73. The summed E-state index contributed by atoms with van der Waals surface area (Å²) in [4.78, 5) is 24.9. The highest BCUT2D eigenvalue weighted by Crippen LogP contribution is 2.19. The second-order valence-electron chi connectivity index (χ2n) is 6.53. The number of hydrogen-bond donors (Lipinski definition) is 2. The molecule has 0 radical (unpaired) electrons. The van der Waals surface area contributed by atoms with Crippen LogP contribution >= 0.6 is 0 Å². The number of aryl methyl sites for hydroxylation is 1. The molecular weight excluding hydrogens is 338 g/mol. The van der Waals surface area contributed by atoms with Crippen LogP contribution in [0.1, 0.15) is 35.3 Å². The molecule has 0 saturated heterocycles. The van der Waals surface area contributed by atoms with Gasteiger partial charge in [-0.15, -0.1) is 0 Å². The molecule has 2 aromatic rings. The predicted octanol–water partition coefficient (Wildman–Crippen LogP) is 3.97. The molecule has 138 valence electrons. The van der Waals surface area contributed by atoms with Crippen LogP contribution in [0.4, 0.5) is 14.5 Å². The summed E-state index contributed by atoms with van der Waals surface area (Å²) in [5, 5.41) is 5.21. The Labute approximate surface area is 151 Å². The summed E-state index contributed by atoms with van der Waals surface area (Å²) in [6.07, 6.45) is 0. The van der Waals surface area contributed by atoms with Gasteiger partial charge in [0.1, 0.15) is 23.2 Å². The van der Waals surface area contributed by atoms with Crippen molar-refractivity contribution in [2.24, 2.45) is 5.92 Å². The first-order valence-corrected chi connectivity index (χ1v) is 8.34. The average molecular weight is 360 g/mol. The van der Waals surface area contributed by atoms with Crippen LogP contribution < -0.4 is 10.6 Å². The Morgan fingerprint density at radius 2 is 1.54 bits per heavy atom. The van der Waals surface area contributed by atoms with Gasteiger partial charge in [-0.2, -0.15) is 0 Å². The summed E-state index contributed by atoms with van der Waals surface area (Å²) in [6.45, 7) is 7.28. The third-order valence-corrected chi connectivity index (χ3v) is 4.29. The minimum absolute atomic E-state index is 0.279. The zero-order chi connectivity index (χ0) is 19.4. The fourth-order valence-corrected chi connectivity index (χ4v) is 2.56. The Morgan fingerprint density at radius 3 is 2.12 bits per heavy atom. The van der Waals surface area contributed by atoms with E-state index in [0.29, 0.717) is 5.69 Å². The topological polar surface area (TPSA) is 58.2 Å². The third-order valence-electron chi connectivity index (χ3n) is 4.29. The molecule has 0 aromatic heterocycles. The van der Waals surface area contributed by atoms with Crippen LogP contribution in [-0.2, 0) is 4.79 Å². The number of halogens is 2. The van der Waals surface area contributed by atoms with Crippen molar-refractivity contribution in [3.8, 4) is 0 Å². The van der Waals surface area contributed by atoms with Gasteiger partial charge < -0.3 is 10.6 Å². The van der Waals surface area contributed by atoms with E-state index in [2.05, 4.69) is 10.6 Å². The van der Waals surface area contributed by atoms with Gasteiger partial charge in [0.05, 0.1) is 0 Å². The van der Waals surface area contributed by atoms with Gasteiger partial charge >= 0.3 is 0 Å². The quantitative estimate of drug-likeness (QED) is 0.847. The third kappa shape index (κ3) is 4.25. The zero-order valence-corrected chi connectivity index (χ0v) is 15.2. The summed E-state index contributed by atoms with van der Waals surface area (Å²) >= 11 is 0. The summed E-state index contributed by atoms with van der Waals surface area (Å²) in [7, 11) is 0. The number of rotatable bonds is 5. The first-order chi connectivity index (χ1) is 12.2. The Bertz CT molecular complexity index is 814. The second kappa shape index (κ2) is 8.08. The zero-order valence-electron chi connectivity index (χ0n) is 15.2. The molecule has 6 heteroatoms. The van der Waals surface area contributed by atoms with Crippen LogP contribution in [0, 0.1) is 31.4 Å². The lowest BCUT2D eigenvalue weighted by molar-refractivity contribution is -0.118. The smallest absolute Gasteiger partial charge is 0.257 e. The highest BCUT2D eigenvalue weighted by Gasteiger charge is 2.27. The molecule has 1 atom stereocenters. The number of amides is 2. The summed E-state index contributed by atoms with van der Waals surface area (Å²) in [5.41, 5.74) is 1.86. The molecule has 2 amide bonds. The van der Waals surface area contributed by atoms with Crippen molar-refractivity contribution in [3.05, 3.63) is 64.7 Å². The number of carbonyl (C=O) groups excluding carboxylic acids is 2. The van der Waals surface area contributed by atoms with Crippen LogP contribution in [0.15, 0.2) is 36.4 Å². The Hall–Kier alpha value is -2.76. The molecule has 0 saturated carbocycles. The largest absolute Gasteiger partial charge is 0.340 e. The van der Waals surface area contributed by atoms with Crippen LogP contribution in [0.2, 0.25) is 0 Å². The maximum atomic E-state index is 13.8. The molecular formula is C20H22F2N2O2. The molecule has 0 bridgehead atoms. The molecule has 4 nitrogen and oxygen atoms in total. The molecule has 0 aliphatic heterocycles. The first-order valence-electron chi connectivity index (χ1n) is 8.34. The van der Waals surface area contributed by atoms with E-state index in [1.54, 1.807) is 19.9 Å². The van der Waals surface area contributed by atoms with Gasteiger partial charge in [-0.25, -0.2) is 8.78 Å². The lowest BCUT2D eigenvalue weighted by atomic mass is 10.0. The molecule has 2 aromatic carbocycles. The molecule has 0 heterocycles. The van der Waals surface area contributed by atoms with Crippen molar-refractivity contribution in [1.29, 1.82) is 0 Å². The standard InChI is InChI=1S/C20H22F2N2O2/c1-11(2)18(20(26)23-16-10-5-7-12(3)13(16)4)24-19(25)17-14(21)8-6-9-15(17)22/h5-11,18H,1-4H3,(H,23,26)(H,24,25). The van der Waals surface area contributed by atoms with Gasteiger partial charge in [0, 0.05) is 5.69 Å². The van der Waals surface area contributed by atoms with Crippen molar-refractivity contribution in [2.45, 2.75) is 33.7 Å². The number of nitrogens with one attached hydrogen (secondary N) is 2. The summed E-state index contributed by atoms with van der Waals surface area (Å²) in [5.74, 6) is -3.63. The van der Waals surface area contributed by atoms with Crippen molar-refractivity contribution in [1.82, 2.24) is 5.32 Å². The maximum Gasteiger partial charge on any atom is 0.257 e. The fraction of sp³-hybridized carbons (Fsp3) is 0.300. The number of benzene rings is 2. The fourth-order valence-electron chi connectivity index (χ4n) is 2.56. The van der Waals surface area contributed by atoms with Gasteiger partial charge in [0.2, 0.25) is 5.91 Å². The van der Waals surface area contributed by atoms with Crippen molar-refractivity contribution in [3.63, 3.8) is 0 Å². The van der Waals surface area contributed by atoms with E-state index >= 15 is 0 Å². The van der Waals surface area contributed by atoms with E-state index in [1.807, 2.05) is 26.0 Å². The van der Waals surface area contributed by atoms with Crippen molar-refractivity contribution >= 4 is 17.5 Å². The van der Waals surface area contributed by atoms with Gasteiger partial charge in [-0.05, 0) is 49.1 Å². The van der Waals surface area contributed by atoms with Gasteiger partial charge in [-0.1, -0.05) is 32.0 Å². The van der Waals surface area contributed by atoms with E-state index in [4.69, 9.17) is 0 Å². The summed E-state index contributed by atoms with van der Waals surface area (Å²) < 4.78 is 27.6. The van der Waals surface area contributed by atoms with Crippen LogP contribution in [0.25, 0.3) is 0 Å². The second-order valence-corrected chi connectivity index (χ2v) is 6.53. The number of hydrogen-bond acceptors (Lipinski definition) is 2. The monoisotopic (exact) mass is 360 g/mol.